The first-order valence-corrected chi connectivity index (χ1v) is 8.60. The van der Waals surface area contributed by atoms with Crippen LogP contribution in [0.4, 0.5) is 22.4 Å². The molecule has 0 radical (unpaired) electrons. The van der Waals surface area contributed by atoms with E-state index in [1.165, 1.54) is 7.11 Å². The molecule has 0 aliphatic rings. The van der Waals surface area contributed by atoms with E-state index in [-0.39, 0.29) is 25.5 Å². The maximum Gasteiger partial charge on any atom is 0.506 e. The second-order valence-corrected chi connectivity index (χ2v) is 7.06. The summed E-state index contributed by atoms with van der Waals surface area (Å²) >= 11 is 0. The zero-order valence-corrected chi connectivity index (χ0v) is 13.9. The molecule has 0 aromatic heterocycles. The first-order valence-electron chi connectivity index (χ1n) is 6.95. The minimum absolute atomic E-state index is 0.0675. The van der Waals surface area contributed by atoms with Gasteiger partial charge in [0.05, 0.1) is 16.2 Å². The predicted molar refractivity (Wildman–Crippen MR) is 77.5 cm³/mol. The van der Waals surface area contributed by atoms with Gasteiger partial charge in [-0.1, -0.05) is 0 Å². The number of halogens is 4. The normalized spacial score (nSPS) is 13.5. The molecule has 1 aromatic carbocycles. The summed E-state index contributed by atoms with van der Waals surface area (Å²) in [5, 5.41) is 8.65. The van der Waals surface area contributed by atoms with Crippen molar-refractivity contribution >= 4 is 16.0 Å². The molecule has 1 N–H and O–H groups in total. The molecule has 1 atom stereocenters. The Balaban J connectivity index is 3.15. The molecule has 0 amide bonds. The largest absolute Gasteiger partial charge is 0.506 e. The van der Waals surface area contributed by atoms with Crippen molar-refractivity contribution in [3.63, 3.8) is 0 Å². The van der Waals surface area contributed by atoms with Crippen LogP contribution >= 0.6 is 0 Å². The third-order valence-electron chi connectivity index (χ3n) is 3.13. The van der Waals surface area contributed by atoms with E-state index in [0.717, 1.165) is 0 Å². The Hall–Kier alpha value is -1.88. The lowest BCUT2D eigenvalue weighted by molar-refractivity contribution is -0.140. The van der Waals surface area contributed by atoms with E-state index in [2.05, 4.69) is 4.74 Å². The van der Waals surface area contributed by atoms with Gasteiger partial charge in [-0.25, -0.2) is 17.6 Å². The van der Waals surface area contributed by atoms with Gasteiger partial charge in [0.1, 0.15) is 11.9 Å². The second-order valence-electron chi connectivity index (χ2n) is 5.06. The second kappa shape index (κ2) is 8.48. The van der Waals surface area contributed by atoms with E-state index in [1.54, 1.807) is 0 Å². The number of hydrogen-bond donors (Lipinski definition) is 1. The lowest BCUT2D eigenvalue weighted by atomic mass is 10.2. The standard InChI is InChI=1S/C14H16F4O6S/c1-23-6-2-3-10(24-13(19)20)8-25(21,22)12-5-4-9(15)7-11(12)14(16,17)18/h4-5,7,10H,2-3,6,8H2,1H3,(H,19,20). The molecule has 142 valence electrons. The Morgan fingerprint density at radius 3 is 2.48 bits per heavy atom. The number of ether oxygens (including phenoxy) is 2. The molecule has 0 bridgehead atoms. The third-order valence-corrected chi connectivity index (χ3v) is 4.97. The van der Waals surface area contributed by atoms with Crippen LogP contribution in [0, 0.1) is 5.82 Å². The summed E-state index contributed by atoms with van der Waals surface area (Å²) in [5.41, 5.74) is -1.65. The highest BCUT2D eigenvalue weighted by molar-refractivity contribution is 7.91. The molecule has 0 fully saturated rings. The van der Waals surface area contributed by atoms with Crippen LogP contribution in [0.1, 0.15) is 18.4 Å². The van der Waals surface area contributed by atoms with Crippen LogP contribution < -0.4 is 0 Å². The minimum atomic E-state index is -5.09. The molecule has 0 spiro atoms. The Bertz CT molecular complexity index is 702. The summed E-state index contributed by atoms with van der Waals surface area (Å²) < 4.78 is 85.8. The molecular formula is C14H16F4O6S. The van der Waals surface area contributed by atoms with Crippen LogP contribution in [0.25, 0.3) is 0 Å². The van der Waals surface area contributed by atoms with Crippen molar-refractivity contribution in [2.75, 3.05) is 19.5 Å². The van der Waals surface area contributed by atoms with Crippen LogP contribution in [0.15, 0.2) is 23.1 Å². The first-order chi connectivity index (χ1) is 11.5. The van der Waals surface area contributed by atoms with Gasteiger partial charge in [-0.05, 0) is 31.0 Å². The van der Waals surface area contributed by atoms with E-state index in [9.17, 15) is 30.8 Å². The number of rotatable bonds is 8. The molecule has 1 unspecified atom stereocenters. The summed E-state index contributed by atoms with van der Waals surface area (Å²) in [5.74, 6) is -2.25. The van der Waals surface area contributed by atoms with Gasteiger partial charge in [-0.3, -0.25) is 0 Å². The highest BCUT2D eigenvalue weighted by Crippen LogP contribution is 2.35. The molecule has 0 saturated carbocycles. The van der Waals surface area contributed by atoms with Gasteiger partial charge in [0.2, 0.25) is 0 Å². The number of methoxy groups -OCH3 is 1. The number of benzene rings is 1. The highest BCUT2D eigenvalue weighted by atomic mass is 32.2. The number of carboxylic acid groups (broad SMARTS) is 1. The Kier molecular flexibility index (Phi) is 7.17. The average Bonchev–Trinajstić information content (AvgIpc) is 2.45. The molecule has 1 aromatic rings. The van der Waals surface area contributed by atoms with Gasteiger partial charge in [0.15, 0.2) is 9.84 Å². The fourth-order valence-corrected chi connectivity index (χ4v) is 3.79. The highest BCUT2D eigenvalue weighted by Gasteiger charge is 2.38. The van der Waals surface area contributed by atoms with E-state index in [1.807, 2.05) is 0 Å². The van der Waals surface area contributed by atoms with Gasteiger partial charge >= 0.3 is 12.3 Å². The van der Waals surface area contributed by atoms with Crippen molar-refractivity contribution in [3.05, 3.63) is 29.6 Å². The number of hydrogen-bond acceptors (Lipinski definition) is 5. The summed E-state index contributed by atoms with van der Waals surface area (Å²) in [6, 6.07) is 1.16. The van der Waals surface area contributed by atoms with Crippen LogP contribution in [0.2, 0.25) is 0 Å². The molecule has 11 heteroatoms. The van der Waals surface area contributed by atoms with Crippen molar-refractivity contribution in [3.8, 4) is 0 Å². The number of sulfone groups is 1. The van der Waals surface area contributed by atoms with Gasteiger partial charge < -0.3 is 14.6 Å². The average molecular weight is 388 g/mol. The fraction of sp³-hybridized carbons (Fsp3) is 0.500. The van der Waals surface area contributed by atoms with Gasteiger partial charge in [-0.2, -0.15) is 13.2 Å². The van der Waals surface area contributed by atoms with Crippen LogP contribution in [-0.2, 0) is 25.5 Å². The molecule has 0 heterocycles. The molecule has 0 saturated heterocycles. The van der Waals surface area contributed by atoms with E-state index in [0.29, 0.717) is 12.1 Å². The maximum atomic E-state index is 13.1. The summed E-state index contributed by atoms with van der Waals surface area (Å²) in [6.07, 6.45) is -8.07. The molecule has 0 aliphatic heterocycles. The van der Waals surface area contributed by atoms with E-state index in [4.69, 9.17) is 9.84 Å². The quantitative estimate of drug-likeness (QED) is 0.319. The summed E-state index contributed by atoms with van der Waals surface area (Å²) in [6.45, 7) is 0.184. The molecule has 0 aliphatic carbocycles. The van der Waals surface area contributed by atoms with Crippen LogP contribution in [0.5, 0.6) is 0 Å². The topological polar surface area (TPSA) is 89.9 Å². The molecule has 1 rings (SSSR count). The SMILES string of the molecule is COCCCC(CS(=O)(=O)c1ccc(F)cc1C(F)(F)F)OC(=O)O. The lowest BCUT2D eigenvalue weighted by Crippen LogP contribution is -2.28. The summed E-state index contributed by atoms with van der Waals surface area (Å²) in [4.78, 5) is 9.53. The van der Waals surface area contributed by atoms with Crippen LogP contribution in [-0.4, -0.2) is 45.3 Å². The zero-order valence-electron chi connectivity index (χ0n) is 13.0. The Labute approximate surface area is 141 Å². The minimum Gasteiger partial charge on any atom is -0.450 e. The van der Waals surface area contributed by atoms with Gasteiger partial charge in [-0.15, -0.1) is 0 Å². The predicted octanol–water partition coefficient (Wildman–Crippen LogP) is 3.11. The van der Waals surface area contributed by atoms with Crippen molar-refractivity contribution in [1.29, 1.82) is 0 Å². The molecule has 6 nitrogen and oxygen atoms in total. The maximum absolute atomic E-state index is 13.1. The smallest absolute Gasteiger partial charge is 0.450 e. The number of alkyl halides is 3. The van der Waals surface area contributed by atoms with Crippen molar-refractivity contribution < 1.29 is 45.4 Å². The molecule has 25 heavy (non-hydrogen) atoms. The van der Waals surface area contributed by atoms with E-state index >= 15 is 0 Å². The van der Waals surface area contributed by atoms with Crippen molar-refractivity contribution in [1.82, 2.24) is 0 Å². The zero-order chi connectivity index (χ0) is 19.3. The van der Waals surface area contributed by atoms with Crippen molar-refractivity contribution in [2.24, 2.45) is 0 Å². The molecular weight excluding hydrogens is 372 g/mol. The lowest BCUT2D eigenvalue weighted by Gasteiger charge is -2.18. The Morgan fingerprint density at radius 1 is 1.32 bits per heavy atom. The van der Waals surface area contributed by atoms with E-state index < -0.39 is 50.3 Å². The first kappa shape index (κ1) is 21.2. The monoisotopic (exact) mass is 388 g/mol. The fourth-order valence-electron chi connectivity index (χ4n) is 2.10. The summed E-state index contributed by atoms with van der Waals surface area (Å²) in [7, 11) is -3.22. The third kappa shape index (κ3) is 6.50. The van der Waals surface area contributed by atoms with Crippen LogP contribution in [0.3, 0.4) is 0 Å². The van der Waals surface area contributed by atoms with Gasteiger partial charge in [0.25, 0.3) is 0 Å². The van der Waals surface area contributed by atoms with Crippen molar-refractivity contribution in [2.45, 2.75) is 30.0 Å². The number of carbonyl (C=O) groups is 1. The van der Waals surface area contributed by atoms with Gasteiger partial charge in [0, 0.05) is 13.7 Å². The Morgan fingerprint density at radius 2 is 1.96 bits per heavy atom.